The lowest BCUT2D eigenvalue weighted by atomic mass is 9.95. The average Bonchev–Trinajstić information content (AvgIpc) is 2.96. The quantitative estimate of drug-likeness (QED) is 0.731. The highest BCUT2D eigenvalue weighted by atomic mass is 16.3. The van der Waals surface area contributed by atoms with Crippen LogP contribution in [0.25, 0.3) is 16.9 Å². The minimum absolute atomic E-state index is 0.269. The van der Waals surface area contributed by atoms with Gasteiger partial charge in [0.1, 0.15) is 22.9 Å². The van der Waals surface area contributed by atoms with Crippen LogP contribution in [0.15, 0.2) is 42.6 Å². The van der Waals surface area contributed by atoms with E-state index in [0.29, 0.717) is 6.04 Å². The summed E-state index contributed by atoms with van der Waals surface area (Å²) in [5, 5.41) is 14.0. The Morgan fingerprint density at radius 2 is 1.88 bits per heavy atom. The second kappa shape index (κ2) is 6.19. The Morgan fingerprint density at radius 1 is 1.08 bits per heavy atom. The summed E-state index contributed by atoms with van der Waals surface area (Å²) in [6.45, 7) is 2.07. The van der Waals surface area contributed by atoms with Crippen LogP contribution in [0.2, 0.25) is 0 Å². The predicted molar refractivity (Wildman–Crippen MR) is 97.5 cm³/mol. The van der Waals surface area contributed by atoms with E-state index >= 15 is 0 Å². The van der Waals surface area contributed by atoms with Crippen LogP contribution in [0, 0.1) is 6.92 Å². The van der Waals surface area contributed by atoms with E-state index in [1.807, 2.05) is 30.5 Å². The van der Waals surface area contributed by atoms with Gasteiger partial charge in [0.05, 0.1) is 0 Å². The summed E-state index contributed by atoms with van der Waals surface area (Å²) in [5.41, 5.74) is 3.67. The smallest absolute Gasteiger partial charge is 0.142 e. The topological polar surface area (TPSA) is 49.6 Å². The van der Waals surface area contributed by atoms with Crippen LogP contribution >= 0.6 is 0 Å². The molecule has 0 unspecified atom stereocenters. The summed E-state index contributed by atoms with van der Waals surface area (Å²) in [5.74, 6) is 1.26. The van der Waals surface area contributed by atoms with Gasteiger partial charge in [0.15, 0.2) is 0 Å². The summed E-state index contributed by atoms with van der Waals surface area (Å²) >= 11 is 0. The molecule has 0 bridgehead atoms. The van der Waals surface area contributed by atoms with Gasteiger partial charge in [-0.25, -0.2) is 4.98 Å². The molecule has 0 aliphatic heterocycles. The van der Waals surface area contributed by atoms with Crippen molar-refractivity contribution in [1.82, 2.24) is 9.38 Å². The Labute approximate surface area is 142 Å². The van der Waals surface area contributed by atoms with Crippen molar-refractivity contribution in [1.29, 1.82) is 0 Å². The van der Waals surface area contributed by atoms with Crippen LogP contribution in [0.5, 0.6) is 5.75 Å². The van der Waals surface area contributed by atoms with E-state index in [9.17, 15) is 5.11 Å². The maximum atomic E-state index is 10.3. The molecule has 24 heavy (non-hydrogen) atoms. The molecule has 1 aliphatic carbocycles. The van der Waals surface area contributed by atoms with Crippen molar-refractivity contribution in [2.75, 3.05) is 5.32 Å². The number of aromatic hydroxyl groups is 1. The van der Waals surface area contributed by atoms with Crippen LogP contribution in [0.4, 0.5) is 5.82 Å². The van der Waals surface area contributed by atoms with Crippen molar-refractivity contribution >= 4 is 11.5 Å². The largest absolute Gasteiger partial charge is 0.507 e. The maximum absolute atomic E-state index is 10.3. The highest BCUT2D eigenvalue weighted by Crippen LogP contribution is 2.36. The fourth-order valence-electron chi connectivity index (χ4n) is 3.64. The van der Waals surface area contributed by atoms with E-state index < -0.39 is 0 Å². The van der Waals surface area contributed by atoms with Gasteiger partial charge >= 0.3 is 0 Å². The number of pyridine rings is 1. The van der Waals surface area contributed by atoms with Crippen molar-refractivity contribution in [3.63, 3.8) is 0 Å². The first-order chi connectivity index (χ1) is 11.7. The zero-order valence-corrected chi connectivity index (χ0v) is 14.0. The number of aryl methyl sites for hydroxylation is 1. The number of para-hydroxylation sites is 1. The number of aromatic nitrogens is 2. The fourth-order valence-corrected chi connectivity index (χ4v) is 3.64. The van der Waals surface area contributed by atoms with Gasteiger partial charge in [-0.2, -0.15) is 0 Å². The van der Waals surface area contributed by atoms with Crippen molar-refractivity contribution in [3.05, 3.63) is 48.2 Å². The van der Waals surface area contributed by atoms with Gasteiger partial charge in [-0.15, -0.1) is 0 Å². The first-order valence-electron chi connectivity index (χ1n) is 8.76. The van der Waals surface area contributed by atoms with Crippen LogP contribution in [0.3, 0.4) is 0 Å². The van der Waals surface area contributed by atoms with E-state index in [0.717, 1.165) is 28.3 Å². The van der Waals surface area contributed by atoms with Crippen molar-refractivity contribution in [3.8, 4) is 17.0 Å². The molecule has 1 aromatic carbocycles. The SMILES string of the molecule is Cc1cccn2c(NC3CCCCC3)c(-c3ccccc3O)nc12. The Bertz CT molecular complexity index is 862. The molecule has 2 N–H and O–H groups in total. The molecule has 124 valence electrons. The number of phenols is 1. The molecule has 1 saturated carbocycles. The number of hydrogen-bond acceptors (Lipinski definition) is 3. The number of nitrogens with one attached hydrogen (secondary N) is 1. The Balaban J connectivity index is 1.86. The number of nitrogens with zero attached hydrogens (tertiary/aromatic N) is 2. The van der Waals surface area contributed by atoms with E-state index in [2.05, 4.69) is 22.7 Å². The Morgan fingerprint density at radius 3 is 2.67 bits per heavy atom. The summed E-state index contributed by atoms with van der Waals surface area (Å²) in [7, 11) is 0. The lowest BCUT2D eigenvalue weighted by molar-refractivity contribution is 0.461. The molecule has 0 atom stereocenters. The standard InChI is InChI=1S/C20H23N3O/c1-14-8-7-13-23-19(14)22-18(16-11-5-6-12-17(16)24)20(23)21-15-9-3-2-4-10-15/h5-8,11-13,15,21,24H,2-4,9-10H2,1H3. The van der Waals surface area contributed by atoms with Gasteiger partial charge in [0.2, 0.25) is 0 Å². The molecule has 4 heteroatoms. The zero-order chi connectivity index (χ0) is 16.5. The lowest BCUT2D eigenvalue weighted by Gasteiger charge is -2.24. The molecule has 0 spiro atoms. The third kappa shape index (κ3) is 2.62. The van der Waals surface area contributed by atoms with Crippen molar-refractivity contribution in [2.24, 2.45) is 0 Å². The number of benzene rings is 1. The Kier molecular flexibility index (Phi) is 3.89. The third-order valence-corrected chi connectivity index (χ3v) is 4.95. The predicted octanol–water partition coefficient (Wildman–Crippen LogP) is 4.76. The van der Waals surface area contributed by atoms with Crippen molar-refractivity contribution < 1.29 is 5.11 Å². The zero-order valence-electron chi connectivity index (χ0n) is 14.0. The summed E-state index contributed by atoms with van der Waals surface area (Å²) in [6, 6.07) is 12.0. The van der Waals surface area contributed by atoms with E-state index in [-0.39, 0.29) is 5.75 Å². The molecule has 1 aliphatic rings. The van der Waals surface area contributed by atoms with Crippen LogP contribution in [0.1, 0.15) is 37.7 Å². The monoisotopic (exact) mass is 321 g/mol. The van der Waals surface area contributed by atoms with Crippen LogP contribution in [-0.2, 0) is 0 Å². The molecule has 3 aromatic rings. The molecular formula is C20H23N3O. The molecule has 4 nitrogen and oxygen atoms in total. The molecular weight excluding hydrogens is 298 g/mol. The fraction of sp³-hybridized carbons (Fsp3) is 0.350. The van der Waals surface area contributed by atoms with Gasteiger partial charge < -0.3 is 10.4 Å². The van der Waals surface area contributed by atoms with Gasteiger partial charge in [-0.3, -0.25) is 4.40 Å². The molecule has 0 saturated heterocycles. The molecule has 0 radical (unpaired) electrons. The number of rotatable bonds is 3. The lowest BCUT2D eigenvalue weighted by Crippen LogP contribution is -2.23. The first-order valence-corrected chi connectivity index (χ1v) is 8.76. The normalized spacial score (nSPS) is 15.7. The molecule has 2 aromatic heterocycles. The maximum Gasteiger partial charge on any atom is 0.142 e. The molecule has 2 heterocycles. The summed E-state index contributed by atoms with van der Waals surface area (Å²) < 4.78 is 2.12. The van der Waals surface area contributed by atoms with E-state index in [1.54, 1.807) is 6.07 Å². The van der Waals surface area contributed by atoms with Crippen LogP contribution in [-0.4, -0.2) is 20.5 Å². The number of fused-ring (bicyclic) bond motifs is 1. The number of anilines is 1. The number of imidazole rings is 1. The first kappa shape index (κ1) is 15.1. The third-order valence-electron chi connectivity index (χ3n) is 4.95. The highest BCUT2D eigenvalue weighted by molar-refractivity contribution is 5.80. The van der Waals surface area contributed by atoms with Crippen molar-refractivity contribution in [2.45, 2.75) is 45.1 Å². The summed E-state index contributed by atoms with van der Waals surface area (Å²) in [6.07, 6.45) is 8.32. The second-order valence-electron chi connectivity index (χ2n) is 6.69. The number of phenolic OH excluding ortho intramolecular Hbond substituents is 1. The Hall–Kier alpha value is -2.49. The summed E-state index contributed by atoms with van der Waals surface area (Å²) in [4.78, 5) is 4.85. The second-order valence-corrected chi connectivity index (χ2v) is 6.69. The minimum atomic E-state index is 0.269. The van der Waals surface area contributed by atoms with Gasteiger partial charge in [0.25, 0.3) is 0 Å². The van der Waals surface area contributed by atoms with Crippen LogP contribution < -0.4 is 5.32 Å². The van der Waals surface area contributed by atoms with Gasteiger partial charge in [0, 0.05) is 17.8 Å². The molecule has 1 fully saturated rings. The molecule has 0 amide bonds. The average molecular weight is 321 g/mol. The van der Waals surface area contributed by atoms with E-state index in [1.165, 1.54) is 32.1 Å². The minimum Gasteiger partial charge on any atom is -0.507 e. The van der Waals surface area contributed by atoms with Gasteiger partial charge in [-0.1, -0.05) is 37.5 Å². The molecule has 4 rings (SSSR count). The van der Waals surface area contributed by atoms with Gasteiger partial charge in [-0.05, 0) is 43.5 Å². The number of hydrogen-bond donors (Lipinski definition) is 2. The highest BCUT2D eigenvalue weighted by Gasteiger charge is 2.21. The van der Waals surface area contributed by atoms with E-state index in [4.69, 9.17) is 4.98 Å².